The van der Waals surface area contributed by atoms with Gasteiger partial charge in [0.1, 0.15) is 11.6 Å². The van der Waals surface area contributed by atoms with Crippen LogP contribution in [0.1, 0.15) is 27.9 Å². The quantitative estimate of drug-likeness (QED) is 0.239. The van der Waals surface area contributed by atoms with E-state index in [0.29, 0.717) is 11.2 Å². The van der Waals surface area contributed by atoms with Crippen LogP contribution in [-0.4, -0.2) is 0 Å². The Morgan fingerprint density at radius 1 is 0.618 bits per heavy atom. The van der Waals surface area contributed by atoms with Crippen LogP contribution in [0.25, 0.3) is 47.7 Å². The molecule has 5 aromatic rings. The summed E-state index contributed by atoms with van der Waals surface area (Å²) in [6.07, 6.45) is 2.37. The molecule has 2 aliphatic carbocycles. The molecule has 2 unspecified atom stereocenters. The molecule has 2 atom stereocenters. The number of halogens is 2. The SMILES string of the molecule is Fc1ccc(C2=CC3c4ccc5c6c(ccc(c46)C3S2)-c2cc(-c3ccc(F)cc3)sc2-5)cc1. The Bertz CT molecular complexity index is 1660. The number of allylic oxidation sites excluding steroid dienone is 1. The maximum Gasteiger partial charge on any atom is 0.123 e. The van der Waals surface area contributed by atoms with E-state index in [0.717, 1.165) is 11.1 Å². The van der Waals surface area contributed by atoms with Crippen molar-refractivity contribution >= 4 is 38.8 Å². The van der Waals surface area contributed by atoms with Gasteiger partial charge in [0.2, 0.25) is 0 Å². The van der Waals surface area contributed by atoms with Crippen LogP contribution in [0.4, 0.5) is 8.78 Å². The first-order chi connectivity index (χ1) is 16.7. The molecule has 8 rings (SSSR count). The molecule has 0 saturated carbocycles. The van der Waals surface area contributed by atoms with Crippen LogP contribution >= 0.6 is 23.1 Å². The highest BCUT2D eigenvalue weighted by molar-refractivity contribution is 8.08. The summed E-state index contributed by atoms with van der Waals surface area (Å²) < 4.78 is 26.8. The fourth-order valence-electron chi connectivity index (χ4n) is 5.81. The summed E-state index contributed by atoms with van der Waals surface area (Å²) in [5.41, 5.74) is 8.87. The predicted octanol–water partition coefficient (Wildman–Crippen LogP) is 9.42. The number of fused-ring (bicyclic) bond motifs is 6. The second kappa shape index (κ2) is 6.68. The molecule has 0 radical (unpaired) electrons. The molecule has 0 fully saturated rings. The molecule has 0 N–H and O–H groups in total. The summed E-state index contributed by atoms with van der Waals surface area (Å²) in [7, 11) is 0. The fourth-order valence-corrected chi connectivity index (χ4v) is 8.49. The third kappa shape index (κ3) is 2.47. The Hall–Kier alpha value is -3.21. The first kappa shape index (κ1) is 19.1. The van der Waals surface area contributed by atoms with Gasteiger partial charge in [-0.25, -0.2) is 8.78 Å². The Morgan fingerprint density at radius 2 is 1.29 bits per heavy atom. The summed E-state index contributed by atoms with van der Waals surface area (Å²) in [6.45, 7) is 0. The van der Waals surface area contributed by atoms with Crippen LogP contribution in [0.5, 0.6) is 0 Å². The molecule has 0 bridgehead atoms. The lowest BCUT2D eigenvalue weighted by Gasteiger charge is -2.11. The molecule has 4 aromatic carbocycles. The third-order valence-corrected chi connectivity index (χ3v) is 9.97. The molecular formula is C30H16F2S2. The van der Waals surface area contributed by atoms with Gasteiger partial charge in [0, 0.05) is 37.0 Å². The highest BCUT2D eigenvalue weighted by Crippen LogP contribution is 2.64. The number of thiophene rings is 1. The van der Waals surface area contributed by atoms with Crippen LogP contribution < -0.4 is 0 Å². The van der Waals surface area contributed by atoms with Crippen molar-refractivity contribution in [1.82, 2.24) is 0 Å². The summed E-state index contributed by atoms with van der Waals surface area (Å²) in [5, 5.41) is 3.17. The number of hydrogen-bond donors (Lipinski definition) is 0. The van der Waals surface area contributed by atoms with Gasteiger partial charge in [0.15, 0.2) is 0 Å². The molecule has 0 saturated heterocycles. The van der Waals surface area contributed by atoms with Gasteiger partial charge < -0.3 is 0 Å². The molecule has 4 heteroatoms. The van der Waals surface area contributed by atoms with E-state index in [4.69, 9.17) is 0 Å². The van der Waals surface area contributed by atoms with Crippen molar-refractivity contribution in [2.75, 3.05) is 0 Å². The van der Waals surface area contributed by atoms with E-state index in [-0.39, 0.29) is 11.6 Å². The molecular weight excluding hydrogens is 462 g/mol. The van der Waals surface area contributed by atoms with E-state index in [1.54, 1.807) is 23.5 Å². The van der Waals surface area contributed by atoms with Crippen molar-refractivity contribution in [3.8, 4) is 32.0 Å². The van der Waals surface area contributed by atoms with Gasteiger partial charge in [-0.3, -0.25) is 0 Å². The summed E-state index contributed by atoms with van der Waals surface area (Å²) in [5.74, 6) is -0.0598. The van der Waals surface area contributed by atoms with E-state index in [9.17, 15) is 8.78 Å². The zero-order valence-electron chi connectivity index (χ0n) is 17.8. The fraction of sp³-hybridized carbons (Fsp3) is 0.0667. The number of rotatable bonds is 2. The van der Waals surface area contributed by atoms with Crippen LogP contribution in [0.2, 0.25) is 0 Å². The number of thioether (sulfide) groups is 1. The van der Waals surface area contributed by atoms with E-state index < -0.39 is 0 Å². The van der Waals surface area contributed by atoms with Crippen molar-refractivity contribution < 1.29 is 8.78 Å². The van der Waals surface area contributed by atoms with Gasteiger partial charge in [-0.1, -0.05) is 54.6 Å². The van der Waals surface area contributed by atoms with Crippen molar-refractivity contribution in [3.05, 3.63) is 113 Å². The largest absolute Gasteiger partial charge is 0.207 e. The van der Waals surface area contributed by atoms with Crippen molar-refractivity contribution in [2.24, 2.45) is 0 Å². The van der Waals surface area contributed by atoms with Gasteiger partial charge in [-0.2, -0.15) is 0 Å². The molecule has 1 aromatic heterocycles. The molecule has 0 nitrogen and oxygen atoms in total. The first-order valence-electron chi connectivity index (χ1n) is 11.3. The van der Waals surface area contributed by atoms with E-state index >= 15 is 0 Å². The molecule has 3 aliphatic rings. The molecule has 162 valence electrons. The average Bonchev–Trinajstić information content (AvgIpc) is 3.59. The van der Waals surface area contributed by atoms with Crippen molar-refractivity contribution in [2.45, 2.75) is 11.2 Å². The minimum Gasteiger partial charge on any atom is -0.207 e. The monoisotopic (exact) mass is 478 g/mol. The third-order valence-electron chi connectivity index (χ3n) is 7.33. The van der Waals surface area contributed by atoms with Gasteiger partial charge in [0.25, 0.3) is 0 Å². The summed E-state index contributed by atoms with van der Waals surface area (Å²) >= 11 is 3.69. The Balaban J connectivity index is 1.26. The molecule has 34 heavy (non-hydrogen) atoms. The van der Waals surface area contributed by atoms with Crippen LogP contribution in [0.3, 0.4) is 0 Å². The Kier molecular flexibility index (Phi) is 3.76. The molecule has 0 spiro atoms. The highest BCUT2D eigenvalue weighted by atomic mass is 32.2. The minimum atomic E-state index is -0.207. The van der Waals surface area contributed by atoms with Gasteiger partial charge >= 0.3 is 0 Å². The maximum absolute atomic E-state index is 13.4. The van der Waals surface area contributed by atoms with Crippen LogP contribution in [0, 0.1) is 11.6 Å². The normalized spacial score (nSPS) is 18.9. The van der Waals surface area contributed by atoms with E-state index in [1.165, 1.54) is 65.4 Å². The van der Waals surface area contributed by atoms with Gasteiger partial charge in [-0.15, -0.1) is 23.1 Å². The lowest BCUT2D eigenvalue weighted by atomic mass is 9.96. The summed E-state index contributed by atoms with van der Waals surface area (Å²) in [6, 6.07) is 25.1. The standard InChI is InChI=1S/C30H16F2S2/c31-17-5-1-15(2-6-17)25-13-23-19-9-12-22-28-20(10-11-21(27(19)28)29(23)33-25)24-14-26(34-30(22)24)16-3-7-18(32)8-4-16/h1-14,23,29H. The predicted molar refractivity (Wildman–Crippen MR) is 139 cm³/mol. The zero-order chi connectivity index (χ0) is 22.6. The first-order valence-corrected chi connectivity index (χ1v) is 13.0. The Labute approximate surface area is 203 Å². The average molecular weight is 479 g/mol. The van der Waals surface area contributed by atoms with E-state index in [1.807, 2.05) is 36.0 Å². The van der Waals surface area contributed by atoms with Crippen LogP contribution in [0.15, 0.2) is 84.9 Å². The second-order valence-corrected chi connectivity index (χ2v) is 11.4. The Morgan fingerprint density at radius 3 is 2.06 bits per heavy atom. The lowest BCUT2D eigenvalue weighted by molar-refractivity contribution is 0.627. The number of benzene rings is 4. The summed E-state index contributed by atoms with van der Waals surface area (Å²) in [4.78, 5) is 3.72. The van der Waals surface area contributed by atoms with Gasteiger partial charge in [0.05, 0.1) is 0 Å². The molecule has 2 heterocycles. The molecule has 1 aliphatic heterocycles. The van der Waals surface area contributed by atoms with Crippen LogP contribution in [-0.2, 0) is 0 Å². The molecule has 0 amide bonds. The highest BCUT2D eigenvalue weighted by Gasteiger charge is 2.41. The van der Waals surface area contributed by atoms with Gasteiger partial charge in [-0.05, 0) is 68.9 Å². The number of hydrogen-bond acceptors (Lipinski definition) is 2. The zero-order valence-corrected chi connectivity index (χ0v) is 19.4. The smallest absolute Gasteiger partial charge is 0.123 e. The minimum absolute atomic E-state index is 0.198. The topological polar surface area (TPSA) is 0 Å². The van der Waals surface area contributed by atoms with E-state index in [2.05, 4.69) is 36.4 Å². The maximum atomic E-state index is 13.4. The van der Waals surface area contributed by atoms with Crippen molar-refractivity contribution in [3.63, 3.8) is 0 Å². The van der Waals surface area contributed by atoms with Crippen molar-refractivity contribution in [1.29, 1.82) is 0 Å². The second-order valence-electron chi connectivity index (χ2n) is 9.12. The lowest BCUT2D eigenvalue weighted by Crippen LogP contribution is -1.92.